The first-order valence-corrected chi connectivity index (χ1v) is 9.71. The van der Waals surface area contributed by atoms with E-state index in [1.807, 2.05) is 18.2 Å². The average molecular weight is 420 g/mol. The van der Waals surface area contributed by atoms with E-state index in [2.05, 4.69) is 15.3 Å². The van der Waals surface area contributed by atoms with Crippen LogP contribution in [0.2, 0.25) is 0 Å². The smallest absolute Gasteiger partial charge is 0.325 e. The molecular formula is C23H21FN4O3. The van der Waals surface area contributed by atoms with Crippen molar-refractivity contribution in [3.63, 3.8) is 0 Å². The number of aryl methyl sites for hydroxylation is 1. The first-order chi connectivity index (χ1) is 14.8. The summed E-state index contributed by atoms with van der Waals surface area (Å²) >= 11 is 0. The van der Waals surface area contributed by atoms with Gasteiger partial charge in [-0.25, -0.2) is 19.2 Å². The number of rotatable bonds is 5. The van der Waals surface area contributed by atoms with Crippen molar-refractivity contribution in [3.8, 4) is 16.9 Å². The van der Waals surface area contributed by atoms with Gasteiger partial charge in [0.1, 0.15) is 12.1 Å². The Kier molecular flexibility index (Phi) is 5.14. The van der Waals surface area contributed by atoms with Crippen molar-refractivity contribution >= 4 is 11.9 Å². The number of imide groups is 1. The van der Waals surface area contributed by atoms with Gasteiger partial charge in [0.25, 0.3) is 5.91 Å². The third-order valence-electron chi connectivity index (χ3n) is 5.31. The van der Waals surface area contributed by atoms with Gasteiger partial charge in [0.2, 0.25) is 6.36 Å². The highest BCUT2D eigenvalue weighted by atomic mass is 19.1. The zero-order valence-electron chi connectivity index (χ0n) is 17.3. The minimum absolute atomic E-state index is 0.370. The summed E-state index contributed by atoms with van der Waals surface area (Å²) in [6.45, 7) is 3.06. The molecule has 2 heterocycles. The minimum atomic E-state index is -1.47. The van der Waals surface area contributed by atoms with E-state index in [4.69, 9.17) is 4.74 Å². The van der Waals surface area contributed by atoms with E-state index in [9.17, 15) is 14.0 Å². The molecule has 2 atom stereocenters. The van der Waals surface area contributed by atoms with Gasteiger partial charge in [0.05, 0.1) is 0 Å². The predicted octanol–water partition coefficient (Wildman–Crippen LogP) is 3.57. The second-order valence-corrected chi connectivity index (χ2v) is 7.39. The van der Waals surface area contributed by atoms with Gasteiger partial charge in [0, 0.05) is 31.9 Å². The maximum atomic E-state index is 13.4. The number of alkyl halides is 1. The van der Waals surface area contributed by atoms with Crippen molar-refractivity contribution < 1.29 is 18.7 Å². The molecule has 0 saturated carbocycles. The van der Waals surface area contributed by atoms with Crippen molar-refractivity contribution in [1.29, 1.82) is 0 Å². The van der Waals surface area contributed by atoms with Gasteiger partial charge in [-0.3, -0.25) is 9.69 Å². The lowest BCUT2D eigenvalue weighted by Gasteiger charge is -2.29. The SMILES string of the molecule is Cc1cc(C2(c3cccc(-c4cncnc4)c3)NC(=O)N(C)C2=O)ccc1OC(C)F. The highest BCUT2D eigenvalue weighted by Gasteiger charge is 2.52. The summed E-state index contributed by atoms with van der Waals surface area (Å²) in [5.74, 6) is -0.0416. The third kappa shape index (κ3) is 3.50. The molecule has 0 radical (unpaired) electrons. The molecule has 1 aliphatic rings. The van der Waals surface area contributed by atoms with Crippen molar-refractivity contribution in [2.45, 2.75) is 25.7 Å². The van der Waals surface area contributed by atoms with Crippen molar-refractivity contribution in [2.24, 2.45) is 0 Å². The monoisotopic (exact) mass is 420 g/mol. The van der Waals surface area contributed by atoms with Crippen LogP contribution in [-0.2, 0) is 10.3 Å². The van der Waals surface area contributed by atoms with E-state index < -0.39 is 23.8 Å². The van der Waals surface area contributed by atoms with Crippen LogP contribution in [0.3, 0.4) is 0 Å². The lowest BCUT2D eigenvalue weighted by molar-refractivity contribution is -0.129. The van der Waals surface area contributed by atoms with E-state index in [1.54, 1.807) is 43.6 Å². The number of hydrogen-bond donors (Lipinski definition) is 1. The number of hydrogen-bond acceptors (Lipinski definition) is 5. The summed E-state index contributed by atoms with van der Waals surface area (Å²) < 4.78 is 18.5. The topological polar surface area (TPSA) is 84.4 Å². The Morgan fingerprint density at radius 3 is 2.39 bits per heavy atom. The van der Waals surface area contributed by atoms with E-state index in [0.29, 0.717) is 22.4 Å². The molecular weight excluding hydrogens is 399 g/mol. The molecule has 3 amide bonds. The van der Waals surface area contributed by atoms with Crippen LogP contribution >= 0.6 is 0 Å². The number of carbonyl (C=O) groups is 2. The molecule has 31 heavy (non-hydrogen) atoms. The van der Waals surface area contributed by atoms with E-state index >= 15 is 0 Å². The number of likely N-dealkylation sites (N-methyl/N-ethyl adjacent to an activating group) is 1. The maximum Gasteiger partial charge on any atom is 0.325 e. The Morgan fingerprint density at radius 2 is 1.77 bits per heavy atom. The molecule has 158 valence electrons. The van der Waals surface area contributed by atoms with Crippen molar-refractivity contribution in [3.05, 3.63) is 77.9 Å². The second-order valence-electron chi connectivity index (χ2n) is 7.39. The minimum Gasteiger partial charge on any atom is -0.460 e. The van der Waals surface area contributed by atoms with E-state index in [1.165, 1.54) is 20.3 Å². The molecule has 1 aromatic heterocycles. The Balaban J connectivity index is 1.88. The predicted molar refractivity (Wildman–Crippen MR) is 112 cm³/mol. The average Bonchev–Trinajstić information content (AvgIpc) is 3.00. The molecule has 1 fully saturated rings. The van der Waals surface area contributed by atoms with Crippen LogP contribution in [0.25, 0.3) is 11.1 Å². The lowest BCUT2D eigenvalue weighted by Crippen LogP contribution is -2.45. The summed E-state index contributed by atoms with van der Waals surface area (Å²) in [5.41, 5.74) is 1.93. The van der Waals surface area contributed by atoms with Gasteiger partial charge in [-0.05, 0) is 47.4 Å². The summed E-state index contributed by atoms with van der Waals surface area (Å²) in [4.78, 5) is 35.0. The Labute approximate surface area is 178 Å². The molecule has 1 N–H and O–H groups in total. The normalized spacial score (nSPS) is 19.3. The van der Waals surface area contributed by atoms with Gasteiger partial charge < -0.3 is 10.1 Å². The fourth-order valence-electron chi connectivity index (χ4n) is 3.77. The van der Waals surface area contributed by atoms with Crippen molar-refractivity contribution in [2.75, 3.05) is 7.05 Å². The third-order valence-corrected chi connectivity index (χ3v) is 5.31. The Bertz CT molecular complexity index is 1150. The molecule has 4 rings (SSSR count). The maximum absolute atomic E-state index is 13.4. The lowest BCUT2D eigenvalue weighted by atomic mass is 9.81. The van der Waals surface area contributed by atoms with Gasteiger partial charge in [-0.15, -0.1) is 0 Å². The summed E-state index contributed by atoms with van der Waals surface area (Å²) in [7, 11) is 1.43. The Morgan fingerprint density at radius 1 is 1.06 bits per heavy atom. The molecule has 2 unspecified atom stereocenters. The molecule has 0 spiro atoms. The first-order valence-electron chi connectivity index (χ1n) is 9.71. The van der Waals surface area contributed by atoms with Crippen LogP contribution in [0.5, 0.6) is 5.75 Å². The highest BCUT2D eigenvalue weighted by Crippen LogP contribution is 2.38. The molecule has 1 saturated heterocycles. The standard InChI is InChI=1S/C23H21FN4O3/c1-14-9-19(7-8-20(14)31-15(2)24)23(21(29)28(3)22(30)27-23)18-6-4-5-16(10-18)17-11-25-13-26-12-17/h4-13,15H,1-3H3,(H,27,30). The summed E-state index contributed by atoms with van der Waals surface area (Å²) in [6.07, 6.45) is 3.32. The largest absolute Gasteiger partial charge is 0.460 e. The number of urea groups is 1. The number of nitrogens with zero attached hydrogens (tertiary/aromatic N) is 3. The highest BCUT2D eigenvalue weighted by molar-refractivity contribution is 6.09. The number of ether oxygens (including phenoxy) is 1. The Hall–Kier alpha value is -3.81. The number of aromatic nitrogens is 2. The number of benzene rings is 2. The second kappa shape index (κ2) is 7.79. The molecule has 2 aromatic carbocycles. The van der Waals surface area contributed by atoms with Crippen LogP contribution in [0.1, 0.15) is 23.6 Å². The zero-order valence-corrected chi connectivity index (χ0v) is 17.3. The van der Waals surface area contributed by atoms with Gasteiger partial charge in [-0.1, -0.05) is 24.3 Å². The molecule has 0 bridgehead atoms. The molecule has 8 heteroatoms. The van der Waals surface area contributed by atoms with Crippen molar-refractivity contribution in [1.82, 2.24) is 20.2 Å². The molecule has 0 aliphatic carbocycles. The van der Waals surface area contributed by atoms with Crippen LogP contribution in [0.15, 0.2) is 61.2 Å². The summed E-state index contributed by atoms with van der Waals surface area (Å²) in [6, 6.07) is 11.8. The first kappa shape index (κ1) is 20.5. The van der Waals surface area contributed by atoms with Gasteiger partial charge in [-0.2, -0.15) is 0 Å². The number of amides is 3. The number of carbonyl (C=O) groups excluding carboxylic acids is 2. The van der Waals surface area contributed by atoms with Crippen LogP contribution in [0.4, 0.5) is 9.18 Å². The van der Waals surface area contributed by atoms with Crippen LogP contribution in [0, 0.1) is 6.92 Å². The quantitative estimate of drug-likeness (QED) is 0.638. The van der Waals surface area contributed by atoms with E-state index in [0.717, 1.165) is 16.0 Å². The molecule has 1 aliphatic heterocycles. The van der Waals surface area contributed by atoms with E-state index in [-0.39, 0.29) is 0 Å². The fraction of sp³-hybridized carbons (Fsp3) is 0.217. The number of halogens is 1. The van der Waals surface area contributed by atoms with Crippen LogP contribution < -0.4 is 10.1 Å². The zero-order chi connectivity index (χ0) is 22.2. The van der Waals surface area contributed by atoms with Gasteiger partial charge >= 0.3 is 6.03 Å². The fourth-order valence-corrected chi connectivity index (χ4v) is 3.77. The molecule has 3 aromatic rings. The summed E-state index contributed by atoms with van der Waals surface area (Å²) in [5, 5.41) is 2.86. The molecule has 7 nitrogen and oxygen atoms in total. The number of nitrogens with one attached hydrogen (secondary N) is 1. The van der Waals surface area contributed by atoms with Crippen LogP contribution in [-0.4, -0.2) is 40.2 Å². The van der Waals surface area contributed by atoms with Gasteiger partial charge in [0.15, 0.2) is 5.54 Å².